The monoisotopic (exact) mass is 382 g/mol. The first kappa shape index (κ1) is 19.4. The molecule has 4 rings (SSSR count). The third-order valence-corrected chi connectivity index (χ3v) is 5.57. The first-order valence-electron chi connectivity index (χ1n) is 10.3. The highest BCUT2D eigenvalue weighted by molar-refractivity contribution is 5.45. The van der Waals surface area contributed by atoms with Gasteiger partial charge in [0.2, 0.25) is 0 Å². The van der Waals surface area contributed by atoms with Crippen LogP contribution in [-0.2, 0) is 29.0 Å². The average molecular weight is 383 g/mol. The molecule has 0 atom stereocenters. The van der Waals surface area contributed by atoms with Crippen molar-refractivity contribution >= 4 is 0 Å². The van der Waals surface area contributed by atoms with Crippen molar-refractivity contribution in [1.29, 1.82) is 0 Å². The summed E-state index contributed by atoms with van der Waals surface area (Å²) in [6.07, 6.45) is 0.882. The Balaban J connectivity index is 1.58. The van der Waals surface area contributed by atoms with Crippen molar-refractivity contribution in [3.63, 3.8) is 0 Å². The lowest BCUT2D eigenvalue weighted by molar-refractivity contribution is 0.0327. The van der Waals surface area contributed by atoms with Gasteiger partial charge in [0.15, 0.2) is 0 Å². The molecule has 0 amide bonds. The summed E-state index contributed by atoms with van der Waals surface area (Å²) in [5, 5.41) is 11.0. The number of benzene rings is 2. The lowest BCUT2D eigenvalue weighted by atomic mass is 9.98. The molecule has 0 radical (unpaired) electrons. The largest absolute Gasteiger partial charge is 0.507 e. The van der Waals surface area contributed by atoms with Gasteiger partial charge in [-0.15, -0.1) is 0 Å². The molecule has 2 aliphatic rings. The number of morpholine rings is 2. The summed E-state index contributed by atoms with van der Waals surface area (Å²) < 4.78 is 10.9. The average Bonchev–Trinajstić information content (AvgIpc) is 2.74. The lowest BCUT2D eigenvalue weighted by Gasteiger charge is -2.29. The van der Waals surface area contributed by atoms with E-state index in [0.29, 0.717) is 5.75 Å². The van der Waals surface area contributed by atoms with Crippen LogP contribution in [0.15, 0.2) is 42.5 Å². The first-order valence-corrected chi connectivity index (χ1v) is 10.3. The molecule has 2 saturated heterocycles. The Bertz CT molecular complexity index is 713. The number of nitrogens with zero attached hydrogens (tertiary/aromatic N) is 2. The molecule has 0 saturated carbocycles. The SMILES string of the molecule is Oc1c(CN2CCOCC2)cc(Cc2ccccc2)cc1CN1CCOCC1. The van der Waals surface area contributed by atoms with Crippen LogP contribution in [-0.4, -0.2) is 67.5 Å². The van der Waals surface area contributed by atoms with Crippen molar-refractivity contribution < 1.29 is 14.6 Å². The summed E-state index contributed by atoms with van der Waals surface area (Å²) in [4.78, 5) is 4.73. The molecule has 2 fully saturated rings. The van der Waals surface area contributed by atoms with Crippen molar-refractivity contribution in [2.45, 2.75) is 19.5 Å². The molecule has 0 aliphatic carbocycles. The van der Waals surface area contributed by atoms with Gasteiger partial charge in [0.1, 0.15) is 5.75 Å². The maximum Gasteiger partial charge on any atom is 0.124 e. The number of hydrogen-bond donors (Lipinski definition) is 1. The number of hydrogen-bond acceptors (Lipinski definition) is 5. The zero-order chi connectivity index (χ0) is 19.2. The minimum atomic E-state index is 0.454. The highest BCUT2D eigenvalue weighted by atomic mass is 16.5. The Morgan fingerprint density at radius 3 is 1.71 bits per heavy atom. The van der Waals surface area contributed by atoms with Crippen molar-refractivity contribution in [2.24, 2.45) is 0 Å². The van der Waals surface area contributed by atoms with E-state index in [-0.39, 0.29) is 0 Å². The van der Waals surface area contributed by atoms with E-state index in [1.54, 1.807) is 0 Å². The molecule has 2 aliphatic heterocycles. The minimum Gasteiger partial charge on any atom is -0.507 e. The fourth-order valence-corrected chi connectivity index (χ4v) is 4.01. The molecule has 1 N–H and O–H groups in total. The Hall–Kier alpha value is -1.92. The van der Waals surface area contributed by atoms with Crippen molar-refractivity contribution in [1.82, 2.24) is 9.80 Å². The minimum absolute atomic E-state index is 0.454. The van der Waals surface area contributed by atoms with Crippen LogP contribution in [0.2, 0.25) is 0 Å². The van der Waals surface area contributed by atoms with E-state index < -0.39 is 0 Å². The van der Waals surface area contributed by atoms with Crippen LogP contribution in [0.5, 0.6) is 5.75 Å². The second-order valence-corrected chi connectivity index (χ2v) is 7.70. The van der Waals surface area contributed by atoms with E-state index in [0.717, 1.165) is 83.2 Å². The van der Waals surface area contributed by atoms with Crippen LogP contribution in [0.1, 0.15) is 22.3 Å². The van der Waals surface area contributed by atoms with Gasteiger partial charge in [-0.05, 0) is 17.5 Å². The third kappa shape index (κ3) is 5.11. The highest BCUT2D eigenvalue weighted by Gasteiger charge is 2.18. The topological polar surface area (TPSA) is 45.2 Å². The molecule has 28 heavy (non-hydrogen) atoms. The first-order chi connectivity index (χ1) is 13.8. The van der Waals surface area contributed by atoms with E-state index >= 15 is 0 Å². The van der Waals surface area contributed by atoms with Crippen LogP contribution in [0.4, 0.5) is 0 Å². The fourth-order valence-electron chi connectivity index (χ4n) is 4.01. The van der Waals surface area contributed by atoms with Crippen molar-refractivity contribution in [3.05, 3.63) is 64.7 Å². The van der Waals surface area contributed by atoms with Crippen molar-refractivity contribution in [3.8, 4) is 5.75 Å². The van der Waals surface area contributed by atoms with Crippen LogP contribution in [0.3, 0.4) is 0 Å². The molecule has 150 valence electrons. The van der Waals surface area contributed by atoms with Crippen LogP contribution < -0.4 is 0 Å². The third-order valence-electron chi connectivity index (χ3n) is 5.57. The van der Waals surface area contributed by atoms with Gasteiger partial charge >= 0.3 is 0 Å². The smallest absolute Gasteiger partial charge is 0.124 e. The summed E-state index contributed by atoms with van der Waals surface area (Å²) in [6, 6.07) is 14.9. The lowest BCUT2D eigenvalue weighted by Crippen LogP contribution is -2.36. The normalized spacial score (nSPS) is 19.0. The molecule has 0 spiro atoms. The molecule has 0 bridgehead atoms. The van der Waals surface area contributed by atoms with Gasteiger partial charge in [-0.3, -0.25) is 9.80 Å². The molecular formula is C23H30N2O3. The molecule has 0 aromatic heterocycles. The molecule has 5 nitrogen and oxygen atoms in total. The van der Waals surface area contributed by atoms with E-state index in [1.165, 1.54) is 11.1 Å². The Kier molecular flexibility index (Phi) is 6.60. The molecule has 2 heterocycles. The molecule has 2 aromatic rings. The van der Waals surface area contributed by atoms with Gasteiger partial charge in [-0.25, -0.2) is 0 Å². The van der Waals surface area contributed by atoms with Crippen molar-refractivity contribution in [2.75, 3.05) is 52.6 Å². The van der Waals surface area contributed by atoms with E-state index in [1.807, 2.05) is 6.07 Å². The second-order valence-electron chi connectivity index (χ2n) is 7.70. The van der Waals surface area contributed by atoms with Gasteiger partial charge in [-0.1, -0.05) is 42.5 Å². The molecular weight excluding hydrogens is 352 g/mol. The maximum atomic E-state index is 11.0. The van der Waals surface area contributed by atoms with Gasteiger partial charge in [-0.2, -0.15) is 0 Å². The summed E-state index contributed by atoms with van der Waals surface area (Å²) in [5.74, 6) is 0.454. The standard InChI is InChI=1S/C23H30N2O3/c26-23-21(17-24-6-10-27-11-7-24)15-20(14-19-4-2-1-3-5-19)16-22(23)18-25-8-12-28-13-9-25/h1-5,15-16,26H,6-14,17-18H2. The molecule has 0 unspecified atom stereocenters. The number of aromatic hydroxyl groups is 1. The summed E-state index contributed by atoms with van der Waals surface area (Å²) >= 11 is 0. The van der Waals surface area contributed by atoms with Crippen LogP contribution in [0, 0.1) is 0 Å². The number of phenolic OH excluding ortho intramolecular Hbond substituents is 1. The summed E-state index contributed by atoms with van der Waals surface area (Å²) in [6.45, 7) is 8.29. The van der Waals surface area contributed by atoms with Gasteiger partial charge in [0.05, 0.1) is 26.4 Å². The zero-order valence-corrected chi connectivity index (χ0v) is 16.5. The second kappa shape index (κ2) is 9.52. The van der Waals surface area contributed by atoms with E-state index in [4.69, 9.17) is 9.47 Å². The van der Waals surface area contributed by atoms with E-state index in [2.05, 4.69) is 46.2 Å². The quantitative estimate of drug-likeness (QED) is 0.832. The van der Waals surface area contributed by atoms with Gasteiger partial charge < -0.3 is 14.6 Å². The van der Waals surface area contributed by atoms with Crippen LogP contribution >= 0.6 is 0 Å². The Morgan fingerprint density at radius 2 is 1.21 bits per heavy atom. The van der Waals surface area contributed by atoms with Crippen LogP contribution in [0.25, 0.3) is 0 Å². The number of rotatable bonds is 6. The van der Waals surface area contributed by atoms with Gasteiger partial charge in [0, 0.05) is 50.4 Å². The fraction of sp³-hybridized carbons (Fsp3) is 0.478. The predicted octanol–water partition coefficient (Wildman–Crippen LogP) is 2.65. The Morgan fingerprint density at radius 1 is 0.714 bits per heavy atom. The maximum absolute atomic E-state index is 11.0. The summed E-state index contributed by atoms with van der Waals surface area (Å²) in [7, 11) is 0. The number of ether oxygens (including phenoxy) is 2. The summed E-state index contributed by atoms with van der Waals surface area (Å²) in [5.41, 5.74) is 4.61. The van der Waals surface area contributed by atoms with Gasteiger partial charge in [0.25, 0.3) is 0 Å². The zero-order valence-electron chi connectivity index (χ0n) is 16.5. The molecule has 5 heteroatoms. The Labute approximate surface area is 167 Å². The van der Waals surface area contributed by atoms with E-state index in [9.17, 15) is 5.11 Å². The number of phenols is 1. The highest BCUT2D eigenvalue weighted by Crippen LogP contribution is 2.29. The predicted molar refractivity (Wildman–Crippen MR) is 110 cm³/mol. The molecule has 2 aromatic carbocycles.